The van der Waals surface area contributed by atoms with Gasteiger partial charge in [0.1, 0.15) is 0 Å². The van der Waals surface area contributed by atoms with E-state index in [1.807, 2.05) is 6.07 Å². The first-order chi connectivity index (χ1) is 6.36. The van der Waals surface area contributed by atoms with Crippen molar-refractivity contribution in [3.8, 4) is 0 Å². The highest BCUT2D eigenvalue weighted by Crippen LogP contribution is 2.23. The van der Waals surface area contributed by atoms with Crippen molar-refractivity contribution in [1.29, 1.82) is 0 Å². The summed E-state index contributed by atoms with van der Waals surface area (Å²) in [6.45, 7) is 2.86. The van der Waals surface area contributed by atoms with Crippen LogP contribution in [0.5, 0.6) is 0 Å². The zero-order valence-corrected chi connectivity index (χ0v) is 9.48. The van der Waals surface area contributed by atoms with Gasteiger partial charge in [-0.05, 0) is 5.56 Å². The molecule has 1 atom stereocenters. The van der Waals surface area contributed by atoms with Crippen LogP contribution in [0, 0.1) is 0 Å². The first-order valence-corrected chi connectivity index (χ1v) is 5.40. The number of hydrogen-bond acceptors (Lipinski definition) is 2. The molecule has 1 fully saturated rings. The molecule has 1 heterocycles. The van der Waals surface area contributed by atoms with E-state index in [0.717, 1.165) is 19.7 Å². The van der Waals surface area contributed by atoms with Gasteiger partial charge >= 0.3 is 0 Å². The molecule has 1 saturated heterocycles. The lowest BCUT2D eigenvalue weighted by molar-refractivity contribution is 0.00576. The standard InChI is InChI=1S/C10H12INO/c11-12-6-7-13-10(8-12)9-4-2-1-3-5-9/h1-5,10H,6-8H2. The Labute approximate surface area is 92.4 Å². The molecule has 13 heavy (non-hydrogen) atoms. The van der Waals surface area contributed by atoms with Crippen molar-refractivity contribution >= 4 is 22.9 Å². The molecule has 3 heteroatoms. The average molecular weight is 289 g/mol. The van der Waals surface area contributed by atoms with Gasteiger partial charge in [-0.3, -0.25) is 0 Å². The van der Waals surface area contributed by atoms with Crippen LogP contribution in [-0.4, -0.2) is 22.8 Å². The first-order valence-electron chi connectivity index (χ1n) is 4.43. The van der Waals surface area contributed by atoms with Crippen LogP contribution in [0.2, 0.25) is 0 Å². The molecule has 1 unspecified atom stereocenters. The average Bonchev–Trinajstić information content (AvgIpc) is 2.19. The van der Waals surface area contributed by atoms with E-state index in [1.165, 1.54) is 5.56 Å². The minimum absolute atomic E-state index is 0.256. The third-order valence-corrected chi connectivity index (χ3v) is 3.06. The van der Waals surface area contributed by atoms with E-state index in [2.05, 4.69) is 50.2 Å². The summed E-state index contributed by atoms with van der Waals surface area (Å²) in [5.74, 6) is 0. The maximum absolute atomic E-state index is 5.69. The molecule has 0 N–H and O–H groups in total. The van der Waals surface area contributed by atoms with Gasteiger partial charge in [0.25, 0.3) is 0 Å². The van der Waals surface area contributed by atoms with E-state index in [0.29, 0.717) is 0 Å². The second-order valence-electron chi connectivity index (χ2n) is 3.14. The molecule has 0 spiro atoms. The Hall–Kier alpha value is -0.130. The normalized spacial score (nSPS) is 24.5. The maximum atomic E-state index is 5.69. The van der Waals surface area contributed by atoms with Gasteiger partial charge in [-0.25, -0.2) is 3.11 Å². The predicted octanol–water partition coefficient (Wildman–Crippen LogP) is 2.41. The van der Waals surface area contributed by atoms with Gasteiger partial charge in [0.2, 0.25) is 0 Å². The Morgan fingerprint density at radius 2 is 2.08 bits per heavy atom. The Kier molecular flexibility index (Phi) is 3.18. The molecule has 0 amide bonds. The zero-order chi connectivity index (χ0) is 9.10. The zero-order valence-electron chi connectivity index (χ0n) is 7.32. The first kappa shape index (κ1) is 9.43. The summed E-state index contributed by atoms with van der Waals surface area (Å²) in [5.41, 5.74) is 1.28. The summed E-state index contributed by atoms with van der Waals surface area (Å²) >= 11 is 2.35. The smallest absolute Gasteiger partial charge is 0.0960 e. The van der Waals surface area contributed by atoms with E-state index < -0.39 is 0 Å². The molecule has 1 aromatic rings. The van der Waals surface area contributed by atoms with Gasteiger partial charge in [0.15, 0.2) is 0 Å². The maximum Gasteiger partial charge on any atom is 0.0960 e. The number of rotatable bonds is 1. The van der Waals surface area contributed by atoms with E-state index in [4.69, 9.17) is 4.74 Å². The largest absolute Gasteiger partial charge is 0.371 e. The van der Waals surface area contributed by atoms with Crippen molar-refractivity contribution in [2.45, 2.75) is 6.10 Å². The molecule has 2 rings (SSSR count). The quantitative estimate of drug-likeness (QED) is 0.581. The fourth-order valence-electron chi connectivity index (χ4n) is 1.49. The molecular weight excluding hydrogens is 277 g/mol. The van der Waals surface area contributed by atoms with Gasteiger partial charge in [-0.1, -0.05) is 30.3 Å². The summed E-state index contributed by atoms with van der Waals surface area (Å²) in [4.78, 5) is 0. The van der Waals surface area contributed by atoms with Crippen molar-refractivity contribution in [2.24, 2.45) is 0 Å². The van der Waals surface area contributed by atoms with E-state index in [1.54, 1.807) is 0 Å². The molecule has 2 nitrogen and oxygen atoms in total. The van der Waals surface area contributed by atoms with Crippen LogP contribution < -0.4 is 0 Å². The number of nitrogens with zero attached hydrogens (tertiary/aromatic N) is 1. The summed E-state index contributed by atoms with van der Waals surface area (Å²) < 4.78 is 7.96. The molecule has 1 aliphatic rings. The topological polar surface area (TPSA) is 12.5 Å². The van der Waals surface area contributed by atoms with Crippen LogP contribution >= 0.6 is 22.9 Å². The molecule has 0 aliphatic carbocycles. The van der Waals surface area contributed by atoms with E-state index in [9.17, 15) is 0 Å². The Bertz CT molecular complexity index is 265. The number of hydrogen-bond donors (Lipinski definition) is 0. The lowest BCUT2D eigenvalue weighted by atomic mass is 10.1. The molecule has 1 aliphatic heterocycles. The van der Waals surface area contributed by atoms with Gasteiger partial charge < -0.3 is 4.74 Å². The van der Waals surface area contributed by atoms with Crippen molar-refractivity contribution < 1.29 is 4.74 Å². The van der Waals surface area contributed by atoms with Crippen LogP contribution in [0.1, 0.15) is 11.7 Å². The van der Waals surface area contributed by atoms with Crippen molar-refractivity contribution in [2.75, 3.05) is 19.7 Å². The Morgan fingerprint density at radius 3 is 2.77 bits per heavy atom. The third-order valence-electron chi connectivity index (χ3n) is 2.19. The summed E-state index contributed by atoms with van der Waals surface area (Å²) in [5, 5.41) is 0. The number of morpholine rings is 1. The molecule has 0 radical (unpaired) electrons. The third kappa shape index (κ3) is 2.42. The van der Waals surface area contributed by atoms with Crippen molar-refractivity contribution in [1.82, 2.24) is 3.11 Å². The number of ether oxygens (including phenoxy) is 1. The van der Waals surface area contributed by atoms with Crippen molar-refractivity contribution in [3.05, 3.63) is 35.9 Å². The molecule has 70 valence electrons. The van der Waals surface area contributed by atoms with E-state index >= 15 is 0 Å². The lowest BCUT2D eigenvalue weighted by Crippen LogP contribution is -2.31. The Morgan fingerprint density at radius 1 is 1.31 bits per heavy atom. The summed E-state index contributed by atoms with van der Waals surface area (Å²) in [6.07, 6.45) is 0.256. The fourth-order valence-corrected chi connectivity index (χ4v) is 2.04. The fraction of sp³-hybridized carbons (Fsp3) is 0.400. The van der Waals surface area contributed by atoms with Crippen LogP contribution in [0.25, 0.3) is 0 Å². The molecule has 1 aromatic carbocycles. The highest BCUT2D eigenvalue weighted by atomic mass is 127. The highest BCUT2D eigenvalue weighted by Gasteiger charge is 2.19. The van der Waals surface area contributed by atoms with Crippen LogP contribution in [0.4, 0.5) is 0 Å². The number of halogens is 1. The second kappa shape index (κ2) is 4.39. The van der Waals surface area contributed by atoms with Gasteiger partial charge in [-0.15, -0.1) is 0 Å². The molecule has 0 bridgehead atoms. The lowest BCUT2D eigenvalue weighted by Gasteiger charge is -2.28. The Balaban J connectivity index is 2.08. The van der Waals surface area contributed by atoms with Gasteiger partial charge in [0.05, 0.1) is 12.7 Å². The molecule has 0 saturated carbocycles. The van der Waals surface area contributed by atoms with E-state index in [-0.39, 0.29) is 6.10 Å². The summed E-state index contributed by atoms with van der Waals surface area (Å²) in [6, 6.07) is 10.4. The van der Waals surface area contributed by atoms with Crippen LogP contribution in [0.15, 0.2) is 30.3 Å². The highest BCUT2D eigenvalue weighted by molar-refractivity contribution is 14.1. The minimum Gasteiger partial charge on any atom is -0.371 e. The van der Waals surface area contributed by atoms with Crippen molar-refractivity contribution in [3.63, 3.8) is 0 Å². The minimum atomic E-state index is 0.256. The monoisotopic (exact) mass is 289 g/mol. The molecular formula is C10H12INO. The number of benzene rings is 1. The predicted molar refractivity (Wildman–Crippen MR) is 60.7 cm³/mol. The second-order valence-corrected chi connectivity index (χ2v) is 4.50. The van der Waals surface area contributed by atoms with Crippen LogP contribution in [0.3, 0.4) is 0 Å². The van der Waals surface area contributed by atoms with Crippen LogP contribution in [-0.2, 0) is 4.74 Å². The summed E-state index contributed by atoms with van der Waals surface area (Å²) in [7, 11) is 0. The van der Waals surface area contributed by atoms with Gasteiger partial charge in [-0.2, -0.15) is 0 Å². The molecule has 0 aromatic heterocycles. The van der Waals surface area contributed by atoms with Gasteiger partial charge in [0, 0.05) is 36.0 Å². The SMILES string of the molecule is IN1CCOC(c2ccccc2)C1.